The van der Waals surface area contributed by atoms with E-state index in [9.17, 15) is 0 Å². The summed E-state index contributed by atoms with van der Waals surface area (Å²) >= 11 is 6.11. The smallest absolute Gasteiger partial charge is 0.0503 e. The maximum Gasteiger partial charge on any atom is 0.0503 e. The van der Waals surface area contributed by atoms with Gasteiger partial charge in [0.25, 0.3) is 0 Å². The summed E-state index contributed by atoms with van der Waals surface area (Å²) in [5, 5.41) is 0.742. The molecule has 0 saturated heterocycles. The Hall–Kier alpha value is -1.35. The minimum Gasteiger partial charge on any atom is -0.271 e. The first-order valence-electron chi connectivity index (χ1n) is 6.79. The Labute approximate surface area is 125 Å². The molecular formula is C17H21ClN2. The third-order valence-electron chi connectivity index (χ3n) is 3.75. The van der Waals surface area contributed by atoms with E-state index in [1.165, 1.54) is 22.3 Å². The van der Waals surface area contributed by atoms with Crippen molar-refractivity contribution in [2.75, 3.05) is 0 Å². The van der Waals surface area contributed by atoms with Crippen LogP contribution in [0.4, 0.5) is 0 Å². The Balaban J connectivity index is 2.33. The first-order chi connectivity index (χ1) is 9.51. The van der Waals surface area contributed by atoms with Crippen LogP contribution in [0.15, 0.2) is 36.4 Å². The van der Waals surface area contributed by atoms with Crippen LogP contribution in [0.5, 0.6) is 0 Å². The summed E-state index contributed by atoms with van der Waals surface area (Å²) in [7, 11) is 0. The second-order valence-corrected chi connectivity index (χ2v) is 5.79. The van der Waals surface area contributed by atoms with Gasteiger partial charge in [-0.15, -0.1) is 0 Å². The Morgan fingerprint density at radius 3 is 2.45 bits per heavy atom. The van der Waals surface area contributed by atoms with Gasteiger partial charge in [-0.05, 0) is 61.6 Å². The van der Waals surface area contributed by atoms with Crippen LogP contribution in [0, 0.1) is 20.8 Å². The van der Waals surface area contributed by atoms with Crippen molar-refractivity contribution >= 4 is 11.6 Å². The Morgan fingerprint density at radius 1 is 1.05 bits per heavy atom. The van der Waals surface area contributed by atoms with Gasteiger partial charge in [-0.2, -0.15) is 0 Å². The fourth-order valence-corrected chi connectivity index (χ4v) is 2.67. The van der Waals surface area contributed by atoms with Gasteiger partial charge in [0.15, 0.2) is 0 Å². The van der Waals surface area contributed by atoms with Gasteiger partial charge in [0, 0.05) is 5.02 Å². The molecule has 0 spiro atoms. The highest BCUT2D eigenvalue weighted by Gasteiger charge is 2.14. The van der Waals surface area contributed by atoms with Crippen molar-refractivity contribution in [1.82, 2.24) is 5.43 Å². The molecule has 0 aliphatic heterocycles. The van der Waals surface area contributed by atoms with Gasteiger partial charge in [0.2, 0.25) is 0 Å². The molecule has 0 aromatic heterocycles. The van der Waals surface area contributed by atoms with Crippen molar-refractivity contribution in [3.63, 3.8) is 0 Å². The predicted octanol–water partition coefficient (Wildman–Crippen LogP) is 4.01. The largest absolute Gasteiger partial charge is 0.271 e. The summed E-state index contributed by atoms with van der Waals surface area (Å²) in [5.41, 5.74) is 9.14. The summed E-state index contributed by atoms with van der Waals surface area (Å²) < 4.78 is 0. The average molecular weight is 289 g/mol. The first-order valence-corrected chi connectivity index (χ1v) is 7.17. The zero-order valence-electron chi connectivity index (χ0n) is 12.2. The topological polar surface area (TPSA) is 38.0 Å². The van der Waals surface area contributed by atoms with Gasteiger partial charge >= 0.3 is 0 Å². The normalized spacial score (nSPS) is 12.4. The molecule has 0 aliphatic rings. The van der Waals surface area contributed by atoms with Crippen molar-refractivity contribution < 1.29 is 0 Å². The molecule has 0 fully saturated rings. The maximum absolute atomic E-state index is 6.11. The van der Waals surface area contributed by atoms with Crippen molar-refractivity contribution in [2.45, 2.75) is 33.2 Å². The van der Waals surface area contributed by atoms with E-state index in [2.05, 4.69) is 44.4 Å². The molecule has 106 valence electrons. The minimum absolute atomic E-state index is 0.0641. The fourth-order valence-electron chi connectivity index (χ4n) is 2.49. The minimum atomic E-state index is 0.0641. The molecule has 2 nitrogen and oxygen atoms in total. The maximum atomic E-state index is 6.11. The SMILES string of the molecule is Cc1ccc(C)c(CC(NN)c2cc(Cl)ccc2C)c1. The van der Waals surface area contributed by atoms with Crippen LogP contribution >= 0.6 is 11.6 Å². The number of rotatable bonds is 4. The van der Waals surface area contributed by atoms with Crippen LogP contribution in [0.25, 0.3) is 0 Å². The van der Waals surface area contributed by atoms with E-state index >= 15 is 0 Å². The quantitative estimate of drug-likeness (QED) is 0.659. The van der Waals surface area contributed by atoms with Gasteiger partial charge in [0.1, 0.15) is 0 Å². The highest BCUT2D eigenvalue weighted by atomic mass is 35.5. The van der Waals surface area contributed by atoms with Crippen LogP contribution in [0.3, 0.4) is 0 Å². The van der Waals surface area contributed by atoms with Crippen LogP contribution in [-0.4, -0.2) is 0 Å². The Kier molecular flexibility index (Phi) is 4.81. The van der Waals surface area contributed by atoms with Gasteiger partial charge in [-0.3, -0.25) is 11.3 Å². The molecule has 2 aromatic carbocycles. The number of nitrogens with one attached hydrogen (secondary N) is 1. The van der Waals surface area contributed by atoms with Crippen molar-refractivity contribution in [2.24, 2.45) is 5.84 Å². The summed E-state index contributed by atoms with van der Waals surface area (Å²) in [5.74, 6) is 5.77. The predicted molar refractivity (Wildman–Crippen MR) is 85.9 cm³/mol. The van der Waals surface area contributed by atoms with Crippen LogP contribution in [-0.2, 0) is 6.42 Å². The number of hydrazine groups is 1. The third kappa shape index (κ3) is 3.40. The summed E-state index contributed by atoms with van der Waals surface area (Å²) in [6.45, 7) is 6.32. The zero-order valence-corrected chi connectivity index (χ0v) is 13.0. The van der Waals surface area contributed by atoms with Gasteiger partial charge in [-0.1, -0.05) is 41.4 Å². The summed E-state index contributed by atoms with van der Waals surface area (Å²) in [6.07, 6.45) is 0.852. The van der Waals surface area contributed by atoms with E-state index in [4.69, 9.17) is 17.4 Å². The molecule has 1 unspecified atom stereocenters. The van der Waals surface area contributed by atoms with E-state index in [0.29, 0.717) is 0 Å². The highest BCUT2D eigenvalue weighted by Crippen LogP contribution is 2.25. The molecular weight excluding hydrogens is 268 g/mol. The fraction of sp³-hybridized carbons (Fsp3) is 0.294. The first kappa shape index (κ1) is 15.0. The molecule has 0 heterocycles. The van der Waals surface area contributed by atoms with E-state index in [-0.39, 0.29) is 6.04 Å². The second-order valence-electron chi connectivity index (χ2n) is 5.35. The second kappa shape index (κ2) is 6.40. The molecule has 0 saturated carbocycles. The van der Waals surface area contributed by atoms with Crippen molar-refractivity contribution in [1.29, 1.82) is 0 Å². The Bertz CT molecular complexity index is 608. The lowest BCUT2D eigenvalue weighted by Crippen LogP contribution is -2.30. The number of aryl methyl sites for hydroxylation is 3. The van der Waals surface area contributed by atoms with E-state index < -0.39 is 0 Å². The highest BCUT2D eigenvalue weighted by molar-refractivity contribution is 6.30. The lowest BCUT2D eigenvalue weighted by Gasteiger charge is -2.20. The van der Waals surface area contributed by atoms with Gasteiger partial charge in [-0.25, -0.2) is 0 Å². The monoisotopic (exact) mass is 288 g/mol. The molecule has 2 rings (SSSR count). The van der Waals surface area contributed by atoms with Gasteiger partial charge in [0.05, 0.1) is 6.04 Å². The lowest BCUT2D eigenvalue weighted by atomic mass is 9.93. The van der Waals surface area contributed by atoms with Crippen LogP contribution < -0.4 is 11.3 Å². The molecule has 20 heavy (non-hydrogen) atoms. The molecule has 0 amide bonds. The molecule has 0 radical (unpaired) electrons. The van der Waals surface area contributed by atoms with Crippen molar-refractivity contribution in [3.05, 3.63) is 69.2 Å². The van der Waals surface area contributed by atoms with Crippen molar-refractivity contribution in [3.8, 4) is 0 Å². The number of hydrogen-bond donors (Lipinski definition) is 2. The lowest BCUT2D eigenvalue weighted by molar-refractivity contribution is 0.548. The number of nitrogens with two attached hydrogens (primary N) is 1. The van der Waals surface area contributed by atoms with Crippen LogP contribution in [0.1, 0.15) is 33.9 Å². The van der Waals surface area contributed by atoms with Crippen LogP contribution in [0.2, 0.25) is 5.02 Å². The standard InChI is InChI=1S/C17H21ClN2/c1-11-4-5-12(2)14(8-11)9-17(20-19)16-10-15(18)7-6-13(16)3/h4-8,10,17,20H,9,19H2,1-3H3. The molecule has 0 bridgehead atoms. The number of halogens is 1. The zero-order chi connectivity index (χ0) is 14.7. The molecule has 3 heteroatoms. The molecule has 3 N–H and O–H groups in total. The van der Waals surface area contributed by atoms with E-state index in [1.54, 1.807) is 0 Å². The number of benzene rings is 2. The van der Waals surface area contributed by atoms with E-state index in [1.807, 2.05) is 18.2 Å². The van der Waals surface area contributed by atoms with E-state index in [0.717, 1.165) is 17.0 Å². The third-order valence-corrected chi connectivity index (χ3v) is 3.98. The molecule has 2 aromatic rings. The average Bonchev–Trinajstić information content (AvgIpc) is 2.42. The number of hydrogen-bond acceptors (Lipinski definition) is 2. The Morgan fingerprint density at radius 2 is 1.75 bits per heavy atom. The summed E-state index contributed by atoms with van der Waals surface area (Å²) in [6, 6.07) is 12.5. The molecule has 0 aliphatic carbocycles. The molecule has 1 atom stereocenters. The van der Waals surface area contributed by atoms with Gasteiger partial charge < -0.3 is 0 Å². The summed E-state index contributed by atoms with van der Waals surface area (Å²) in [4.78, 5) is 0.